The maximum absolute atomic E-state index is 13.9. The van der Waals surface area contributed by atoms with E-state index in [0.29, 0.717) is 6.54 Å². The van der Waals surface area contributed by atoms with Gasteiger partial charge in [0.2, 0.25) is 0 Å². The van der Waals surface area contributed by atoms with Gasteiger partial charge in [-0.1, -0.05) is 30.3 Å². The van der Waals surface area contributed by atoms with Gasteiger partial charge in [-0.15, -0.1) is 0 Å². The van der Waals surface area contributed by atoms with Gasteiger partial charge in [0, 0.05) is 11.9 Å². The molecule has 0 bridgehead atoms. The number of rotatable bonds is 1. The standard InChI is InChI=1S/C20H18FN3O/c1-14-18-11-6-12-23(18)19-10-5-2-7-15(19)13-24(14)20(25)22-17-9-4-3-8-16(17)21/h2-12,14H,13H2,1H3,(H,22,25)/t14-/m0/s1. The molecule has 126 valence electrons. The van der Waals surface area contributed by atoms with Gasteiger partial charge < -0.3 is 14.8 Å². The molecule has 1 aromatic heterocycles. The van der Waals surface area contributed by atoms with Gasteiger partial charge in [-0.25, -0.2) is 9.18 Å². The molecule has 4 nitrogen and oxygen atoms in total. The summed E-state index contributed by atoms with van der Waals surface area (Å²) < 4.78 is 16.0. The second kappa shape index (κ2) is 6.09. The molecule has 0 fully saturated rings. The molecule has 1 aliphatic rings. The van der Waals surface area contributed by atoms with Gasteiger partial charge in [-0.2, -0.15) is 0 Å². The molecule has 0 unspecified atom stereocenters. The number of benzene rings is 2. The molecule has 3 aromatic rings. The van der Waals surface area contributed by atoms with Crippen LogP contribution in [-0.2, 0) is 6.54 Å². The van der Waals surface area contributed by atoms with Crippen LogP contribution in [0.2, 0.25) is 0 Å². The number of halogens is 1. The van der Waals surface area contributed by atoms with Crippen molar-refractivity contribution in [2.24, 2.45) is 0 Å². The average molecular weight is 335 g/mol. The topological polar surface area (TPSA) is 37.3 Å². The van der Waals surface area contributed by atoms with Gasteiger partial charge >= 0.3 is 6.03 Å². The van der Waals surface area contributed by atoms with Crippen molar-refractivity contribution in [2.75, 3.05) is 5.32 Å². The fourth-order valence-electron chi connectivity index (χ4n) is 3.31. The van der Waals surface area contributed by atoms with E-state index < -0.39 is 5.82 Å². The fourth-order valence-corrected chi connectivity index (χ4v) is 3.31. The molecular formula is C20H18FN3O. The van der Waals surface area contributed by atoms with Crippen molar-refractivity contribution in [1.29, 1.82) is 0 Å². The summed E-state index contributed by atoms with van der Waals surface area (Å²) in [7, 11) is 0. The monoisotopic (exact) mass is 335 g/mol. The normalized spacial score (nSPS) is 15.9. The van der Waals surface area contributed by atoms with Gasteiger partial charge in [-0.05, 0) is 42.8 Å². The Kier molecular flexibility index (Phi) is 3.76. The number of carbonyl (C=O) groups is 1. The van der Waals surface area contributed by atoms with Gasteiger partial charge in [0.1, 0.15) is 5.82 Å². The Morgan fingerprint density at radius 3 is 2.68 bits per heavy atom. The van der Waals surface area contributed by atoms with E-state index >= 15 is 0 Å². The van der Waals surface area contributed by atoms with Crippen LogP contribution in [-0.4, -0.2) is 15.5 Å². The molecule has 2 aromatic carbocycles. The Morgan fingerprint density at radius 1 is 1.08 bits per heavy atom. The summed E-state index contributed by atoms with van der Waals surface area (Å²) >= 11 is 0. The van der Waals surface area contributed by atoms with E-state index in [9.17, 15) is 9.18 Å². The number of nitrogens with one attached hydrogen (secondary N) is 1. The zero-order chi connectivity index (χ0) is 17.4. The minimum atomic E-state index is -0.442. The van der Waals surface area contributed by atoms with Gasteiger partial charge in [-0.3, -0.25) is 0 Å². The average Bonchev–Trinajstić information content (AvgIpc) is 3.07. The molecule has 5 heteroatoms. The number of hydrogen-bond acceptors (Lipinski definition) is 1. The zero-order valence-corrected chi connectivity index (χ0v) is 13.8. The summed E-state index contributed by atoms with van der Waals surface area (Å²) in [6, 6.07) is 17.7. The summed E-state index contributed by atoms with van der Waals surface area (Å²) in [5.41, 5.74) is 3.32. The molecule has 0 saturated heterocycles. The largest absolute Gasteiger partial charge is 0.322 e. The maximum atomic E-state index is 13.9. The first-order valence-electron chi connectivity index (χ1n) is 8.23. The predicted octanol–water partition coefficient (Wildman–Crippen LogP) is 4.73. The number of nitrogens with zero attached hydrogens (tertiary/aromatic N) is 2. The highest BCUT2D eigenvalue weighted by Crippen LogP contribution is 2.32. The molecule has 1 aliphatic heterocycles. The molecule has 1 atom stereocenters. The Bertz CT molecular complexity index is 934. The van der Waals surface area contributed by atoms with E-state index in [2.05, 4.69) is 9.88 Å². The number of urea groups is 1. The summed E-state index contributed by atoms with van der Waals surface area (Å²) in [5, 5.41) is 2.69. The third-order valence-electron chi connectivity index (χ3n) is 4.64. The molecule has 0 radical (unpaired) electrons. The van der Waals surface area contributed by atoms with Crippen molar-refractivity contribution in [3.8, 4) is 5.69 Å². The number of anilines is 1. The van der Waals surface area contributed by atoms with Crippen molar-refractivity contribution in [1.82, 2.24) is 9.47 Å². The van der Waals surface area contributed by atoms with Crippen molar-refractivity contribution >= 4 is 11.7 Å². The van der Waals surface area contributed by atoms with Crippen LogP contribution >= 0.6 is 0 Å². The number of amides is 2. The Morgan fingerprint density at radius 2 is 1.84 bits per heavy atom. The van der Waals surface area contributed by atoms with Gasteiger partial charge in [0.05, 0.1) is 24.0 Å². The van der Waals surface area contributed by atoms with Crippen LogP contribution in [0.15, 0.2) is 66.9 Å². The molecule has 0 spiro atoms. The minimum Gasteiger partial charge on any atom is -0.318 e. The molecule has 4 rings (SSSR count). The zero-order valence-electron chi connectivity index (χ0n) is 13.8. The second-order valence-electron chi connectivity index (χ2n) is 6.15. The van der Waals surface area contributed by atoms with E-state index in [1.807, 2.05) is 49.5 Å². The Balaban J connectivity index is 1.71. The Hall–Kier alpha value is -3.08. The van der Waals surface area contributed by atoms with E-state index in [1.54, 1.807) is 23.1 Å². The molecule has 25 heavy (non-hydrogen) atoms. The Labute approximate surface area is 145 Å². The van der Waals surface area contributed by atoms with Crippen molar-refractivity contribution in [2.45, 2.75) is 19.5 Å². The van der Waals surface area contributed by atoms with Gasteiger partial charge in [0.15, 0.2) is 0 Å². The number of fused-ring (bicyclic) bond motifs is 3. The van der Waals surface area contributed by atoms with E-state index in [4.69, 9.17) is 0 Å². The number of carbonyl (C=O) groups excluding carboxylic acids is 1. The second-order valence-corrected chi connectivity index (χ2v) is 6.15. The van der Waals surface area contributed by atoms with Crippen LogP contribution in [0.1, 0.15) is 24.2 Å². The molecule has 2 amide bonds. The van der Waals surface area contributed by atoms with E-state index in [0.717, 1.165) is 16.9 Å². The lowest BCUT2D eigenvalue weighted by Gasteiger charge is -2.27. The SMILES string of the molecule is C[C@H]1c2cccn2-c2ccccc2CN1C(=O)Nc1ccccc1F. The van der Waals surface area contributed by atoms with Crippen LogP contribution in [0, 0.1) is 5.82 Å². The lowest BCUT2D eigenvalue weighted by Crippen LogP contribution is -2.36. The predicted molar refractivity (Wildman–Crippen MR) is 95.1 cm³/mol. The molecule has 1 N–H and O–H groups in total. The third kappa shape index (κ3) is 2.67. The lowest BCUT2D eigenvalue weighted by molar-refractivity contribution is 0.189. The molecule has 2 heterocycles. The highest BCUT2D eigenvalue weighted by Gasteiger charge is 2.28. The minimum absolute atomic E-state index is 0.144. The van der Waals surface area contributed by atoms with Crippen LogP contribution in [0.25, 0.3) is 5.69 Å². The summed E-state index contributed by atoms with van der Waals surface area (Å²) in [5.74, 6) is -0.442. The van der Waals surface area contributed by atoms with Crippen LogP contribution in [0.4, 0.5) is 14.9 Å². The van der Waals surface area contributed by atoms with Crippen LogP contribution in [0.5, 0.6) is 0 Å². The summed E-state index contributed by atoms with van der Waals surface area (Å²) in [4.78, 5) is 14.6. The first-order valence-corrected chi connectivity index (χ1v) is 8.23. The number of para-hydroxylation sites is 2. The van der Waals surface area contributed by atoms with Crippen LogP contribution < -0.4 is 5.32 Å². The number of aromatic nitrogens is 1. The van der Waals surface area contributed by atoms with E-state index in [1.165, 1.54) is 6.07 Å². The van der Waals surface area contributed by atoms with Crippen molar-refractivity contribution in [3.63, 3.8) is 0 Å². The molecular weight excluding hydrogens is 317 g/mol. The highest BCUT2D eigenvalue weighted by atomic mass is 19.1. The maximum Gasteiger partial charge on any atom is 0.322 e. The summed E-state index contributed by atoms with van der Waals surface area (Å²) in [6.07, 6.45) is 2.00. The fraction of sp³-hybridized carbons (Fsp3) is 0.150. The number of hydrogen-bond donors (Lipinski definition) is 1. The third-order valence-corrected chi connectivity index (χ3v) is 4.64. The van der Waals surface area contributed by atoms with Gasteiger partial charge in [0.25, 0.3) is 0 Å². The summed E-state index contributed by atoms with van der Waals surface area (Å²) in [6.45, 7) is 2.44. The molecule has 0 saturated carbocycles. The van der Waals surface area contributed by atoms with E-state index in [-0.39, 0.29) is 17.8 Å². The highest BCUT2D eigenvalue weighted by molar-refractivity contribution is 5.89. The van der Waals surface area contributed by atoms with Crippen molar-refractivity contribution in [3.05, 3.63) is 83.9 Å². The van der Waals surface area contributed by atoms with Crippen LogP contribution in [0.3, 0.4) is 0 Å². The first kappa shape index (κ1) is 15.4. The lowest BCUT2D eigenvalue weighted by atomic mass is 10.1. The smallest absolute Gasteiger partial charge is 0.318 e. The van der Waals surface area contributed by atoms with Crippen molar-refractivity contribution < 1.29 is 9.18 Å². The first-order chi connectivity index (χ1) is 12.1. The molecule has 0 aliphatic carbocycles. The quantitative estimate of drug-likeness (QED) is 0.686.